The van der Waals surface area contributed by atoms with E-state index >= 15 is 0 Å². The highest BCUT2D eigenvalue weighted by Gasteiger charge is 2.23. The molecule has 0 aliphatic heterocycles. The van der Waals surface area contributed by atoms with E-state index in [0.29, 0.717) is 12.6 Å². The normalized spacial score (nSPS) is 15.4. The Morgan fingerprint density at radius 1 is 1.62 bits per heavy atom. The Morgan fingerprint density at radius 2 is 2.38 bits per heavy atom. The minimum atomic E-state index is 0.152. The van der Waals surface area contributed by atoms with Gasteiger partial charge in [-0.25, -0.2) is 0 Å². The van der Waals surface area contributed by atoms with Gasteiger partial charge in [-0.05, 0) is 43.8 Å². The Bertz CT molecular complexity index is 371. The van der Waals surface area contributed by atoms with Gasteiger partial charge in [0.15, 0.2) is 0 Å². The highest BCUT2D eigenvalue weighted by Crippen LogP contribution is 2.19. The van der Waals surface area contributed by atoms with Crippen LogP contribution in [-0.2, 0) is 11.3 Å². The van der Waals surface area contributed by atoms with Crippen LogP contribution < -0.4 is 5.32 Å². The molecule has 1 fully saturated rings. The van der Waals surface area contributed by atoms with Gasteiger partial charge in [0.25, 0.3) is 0 Å². The molecule has 0 unspecified atom stereocenters. The molecule has 0 radical (unpaired) electrons. The van der Waals surface area contributed by atoms with E-state index in [0.717, 1.165) is 19.4 Å². The van der Waals surface area contributed by atoms with Gasteiger partial charge in [-0.3, -0.25) is 9.69 Å². The lowest BCUT2D eigenvalue weighted by molar-refractivity contribution is -0.122. The molecule has 4 heteroatoms. The van der Waals surface area contributed by atoms with Crippen molar-refractivity contribution < 1.29 is 4.79 Å². The average molecular weight is 238 g/mol. The third-order valence-corrected chi connectivity index (χ3v) is 3.75. The van der Waals surface area contributed by atoms with Gasteiger partial charge >= 0.3 is 0 Å². The molecule has 2 rings (SSSR count). The zero-order chi connectivity index (χ0) is 11.5. The molecule has 3 nitrogen and oxygen atoms in total. The molecule has 16 heavy (non-hydrogen) atoms. The van der Waals surface area contributed by atoms with E-state index in [1.54, 1.807) is 11.3 Å². The predicted molar refractivity (Wildman–Crippen MR) is 66.6 cm³/mol. The molecule has 1 saturated carbocycles. The summed E-state index contributed by atoms with van der Waals surface area (Å²) in [6.45, 7) is 3.47. The number of rotatable bonds is 5. The van der Waals surface area contributed by atoms with Crippen LogP contribution in [0.2, 0.25) is 0 Å². The molecule has 1 aromatic heterocycles. The van der Waals surface area contributed by atoms with Crippen molar-refractivity contribution in [3.05, 3.63) is 21.9 Å². The number of thiophene rings is 1. The zero-order valence-electron chi connectivity index (χ0n) is 9.82. The van der Waals surface area contributed by atoms with E-state index in [2.05, 4.69) is 28.6 Å². The van der Waals surface area contributed by atoms with Crippen molar-refractivity contribution in [1.82, 2.24) is 10.2 Å². The Hall–Kier alpha value is -0.870. The Kier molecular flexibility index (Phi) is 3.61. The summed E-state index contributed by atoms with van der Waals surface area (Å²) in [6, 6.07) is 2.59. The standard InChI is InChI=1S/C12H18N2OS/c1-9-5-6-16-11(9)7-14(2)8-12(15)13-10-3-4-10/h5-6,10H,3-4,7-8H2,1-2H3,(H,13,15). The number of amides is 1. The van der Waals surface area contributed by atoms with Gasteiger partial charge < -0.3 is 5.32 Å². The number of nitrogens with one attached hydrogen (secondary N) is 1. The molecular weight excluding hydrogens is 220 g/mol. The fraction of sp³-hybridized carbons (Fsp3) is 0.583. The summed E-state index contributed by atoms with van der Waals surface area (Å²) in [5.74, 6) is 0.152. The fourth-order valence-corrected chi connectivity index (χ4v) is 2.60. The van der Waals surface area contributed by atoms with Gasteiger partial charge in [-0.1, -0.05) is 0 Å². The van der Waals surface area contributed by atoms with E-state index in [-0.39, 0.29) is 5.91 Å². The van der Waals surface area contributed by atoms with Crippen LogP contribution in [0.3, 0.4) is 0 Å². The van der Waals surface area contributed by atoms with Gasteiger partial charge in [0, 0.05) is 17.5 Å². The van der Waals surface area contributed by atoms with Crippen LogP contribution in [0.25, 0.3) is 0 Å². The summed E-state index contributed by atoms with van der Waals surface area (Å²) in [5, 5.41) is 5.10. The topological polar surface area (TPSA) is 32.3 Å². The maximum absolute atomic E-state index is 11.6. The molecule has 1 N–H and O–H groups in total. The summed E-state index contributed by atoms with van der Waals surface area (Å²) in [4.78, 5) is 15.0. The van der Waals surface area contributed by atoms with Crippen LogP contribution in [0.4, 0.5) is 0 Å². The molecule has 0 aromatic carbocycles. The molecule has 0 spiro atoms. The second kappa shape index (κ2) is 4.97. The summed E-state index contributed by atoms with van der Waals surface area (Å²) in [5.41, 5.74) is 1.32. The minimum absolute atomic E-state index is 0.152. The first-order valence-corrected chi connectivity index (χ1v) is 6.54. The first kappa shape index (κ1) is 11.6. The highest BCUT2D eigenvalue weighted by molar-refractivity contribution is 7.10. The molecule has 1 heterocycles. The lowest BCUT2D eigenvalue weighted by Crippen LogP contribution is -2.35. The summed E-state index contributed by atoms with van der Waals surface area (Å²) in [7, 11) is 1.99. The van der Waals surface area contributed by atoms with Crippen molar-refractivity contribution in [2.24, 2.45) is 0 Å². The maximum Gasteiger partial charge on any atom is 0.234 e. The van der Waals surface area contributed by atoms with Gasteiger partial charge in [-0.2, -0.15) is 0 Å². The van der Waals surface area contributed by atoms with Crippen LogP contribution in [0.1, 0.15) is 23.3 Å². The smallest absolute Gasteiger partial charge is 0.234 e. The van der Waals surface area contributed by atoms with E-state index in [9.17, 15) is 4.79 Å². The zero-order valence-corrected chi connectivity index (χ0v) is 10.6. The van der Waals surface area contributed by atoms with Crippen molar-refractivity contribution in [1.29, 1.82) is 0 Å². The van der Waals surface area contributed by atoms with Crippen LogP contribution in [-0.4, -0.2) is 30.4 Å². The number of likely N-dealkylation sites (N-methyl/N-ethyl adjacent to an activating group) is 1. The fourth-order valence-electron chi connectivity index (χ4n) is 1.61. The van der Waals surface area contributed by atoms with E-state index in [1.165, 1.54) is 10.4 Å². The van der Waals surface area contributed by atoms with E-state index in [1.807, 2.05) is 7.05 Å². The van der Waals surface area contributed by atoms with Crippen LogP contribution in [0, 0.1) is 6.92 Å². The molecular formula is C12H18N2OS. The van der Waals surface area contributed by atoms with Crippen molar-refractivity contribution in [3.63, 3.8) is 0 Å². The molecule has 88 valence electrons. The third kappa shape index (κ3) is 3.32. The van der Waals surface area contributed by atoms with Crippen LogP contribution in [0.5, 0.6) is 0 Å². The first-order chi connectivity index (χ1) is 7.65. The molecule has 1 aromatic rings. The number of hydrogen-bond acceptors (Lipinski definition) is 3. The second-order valence-electron chi connectivity index (χ2n) is 4.54. The van der Waals surface area contributed by atoms with Crippen molar-refractivity contribution in [3.8, 4) is 0 Å². The highest BCUT2D eigenvalue weighted by atomic mass is 32.1. The predicted octanol–water partition coefficient (Wildman–Crippen LogP) is 1.77. The summed E-state index contributed by atoms with van der Waals surface area (Å²) in [6.07, 6.45) is 2.30. The first-order valence-electron chi connectivity index (χ1n) is 5.66. The lowest BCUT2D eigenvalue weighted by atomic mass is 10.3. The Morgan fingerprint density at radius 3 is 2.94 bits per heavy atom. The van der Waals surface area contributed by atoms with E-state index in [4.69, 9.17) is 0 Å². The Labute approximate surface area is 100 Å². The minimum Gasteiger partial charge on any atom is -0.352 e. The molecule has 1 aliphatic carbocycles. The van der Waals surface area contributed by atoms with Gasteiger partial charge in [0.2, 0.25) is 5.91 Å². The number of aryl methyl sites for hydroxylation is 1. The van der Waals surface area contributed by atoms with Crippen LogP contribution >= 0.6 is 11.3 Å². The van der Waals surface area contributed by atoms with Crippen molar-refractivity contribution >= 4 is 17.2 Å². The molecule has 0 atom stereocenters. The van der Waals surface area contributed by atoms with E-state index < -0.39 is 0 Å². The lowest BCUT2D eigenvalue weighted by Gasteiger charge is -2.15. The van der Waals surface area contributed by atoms with Crippen molar-refractivity contribution in [2.75, 3.05) is 13.6 Å². The van der Waals surface area contributed by atoms with Crippen molar-refractivity contribution in [2.45, 2.75) is 32.4 Å². The quantitative estimate of drug-likeness (QED) is 0.848. The third-order valence-electron chi connectivity index (χ3n) is 2.74. The van der Waals surface area contributed by atoms with Gasteiger partial charge in [0.05, 0.1) is 6.54 Å². The summed E-state index contributed by atoms with van der Waals surface area (Å²) < 4.78 is 0. The second-order valence-corrected chi connectivity index (χ2v) is 5.54. The number of carbonyl (C=O) groups is 1. The average Bonchev–Trinajstić information content (AvgIpc) is 2.91. The summed E-state index contributed by atoms with van der Waals surface area (Å²) >= 11 is 1.76. The largest absolute Gasteiger partial charge is 0.352 e. The molecule has 1 amide bonds. The van der Waals surface area contributed by atoms with Gasteiger partial charge in [-0.15, -0.1) is 11.3 Å². The number of hydrogen-bond donors (Lipinski definition) is 1. The molecule has 0 bridgehead atoms. The number of nitrogens with zero attached hydrogens (tertiary/aromatic N) is 1. The van der Waals surface area contributed by atoms with Gasteiger partial charge in [0.1, 0.15) is 0 Å². The van der Waals surface area contributed by atoms with Crippen LogP contribution in [0.15, 0.2) is 11.4 Å². The Balaban J connectivity index is 1.76. The molecule has 0 saturated heterocycles. The molecule has 1 aliphatic rings. The maximum atomic E-state index is 11.6. The number of carbonyl (C=O) groups excluding carboxylic acids is 1. The SMILES string of the molecule is Cc1ccsc1CN(C)CC(=O)NC1CC1. The monoisotopic (exact) mass is 238 g/mol.